The normalized spacial score (nSPS) is 11.8. The fourth-order valence-corrected chi connectivity index (χ4v) is 2.12. The summed E-state index contributed by atoms with van der Waals surface area (Å²) in [5, 5.41) is 12.3. The van der Waals surface area contributed by atoms with E-state index in [4.69, 9.17) is 5.11 Å². The number of aliphatic hydroxyl groups is 1. The van der Waals surface area contributed by atoms with Crippen molar-refractivity contribution in [1.29, 1.82) is 0 Å². The minimum absolute atomic E-state index is 0.134. The van der Waals surface area contributed by atoms with Gasteiger partial charge in [-0.05, 0) is 32.4 Å². The zero-order valence-electron chi connectivity index (χ0n) is 10.3. The fourth-order valence-electron chi connectivity index (χ4n) is 1.31. The molecule has 16 heavy (non-hydrogen) atoms. The zero-order valence-corrected chi connectivity index (χ0v) is 11.1. The predicted molar refractivity (Wildman–Crippen MR) is 70.8 cm³/mol. The van der Waals surface area contributed by atoms with E-state index >= 15 is 0 Å². The second-order valence-corrected chi connectivity index (χ2v) is 5.92. The highest BCUT2D eigenvalue weighted by Gasteiger charge is 2.10. The molecule has 0 fully saturated rings. The number of aliphatic hydroxyl groups excluding tert-OH is 1. The van der Waals surface area contributed by atoms with Crippen molar-refractivity contribution in [3.05, 3.63) is 29.8 Å². The molecule has 0 bridgehead atoms. The lowest BCUT2D eigenvalue weighted by Crippen LogP contribution is -2.35. The summed E-state index contributed by atoms with van der Waals surface area (Å²) >= 11 is 1.71. The SMILES string of the molecule is CC(C)(C)NCc1ccccc1SCCO. The Kier molecular flexibility index (Phi) is 5.32. The third kappa shape index (κ3) is 5.01. The molecule has 0 amide bonds. The van der Waals surface area contributed by atoms with Crippen LogP contribution in [0.2, 0.25) is 0 Å². The number of thioether (sulfide) groups is 1. The minimum atomic E-state index is 0.134. The number of hydrogen-bond donors (Lipinski definition) is 2. The minimum Gasteiger partial charge on any atom is -0.396 e. The smallest absolute Gasteiger partial charge is 0.0525 e. The van der Waals surface area contributed by atoms with Crippen LogP contribution in [0.5, 0.6) is 0 Å². The van der Waals surface area contributed by atoms with Crippen LogP contribution in [0.25, 0.3) is 0 Å². The zero-order chi connectivity index (χ0) is 12.0. The first-order chi connectivity index (χ1) is 7.53. The lowest BCUT2D eigenvalue weighted by atomic mass is 10.1. The second kappa shape index (κ2) is 6.28. The molecule has 0 aliphatic heterocycles. The summed E-state index contributed by atoms with van der Waals surface area (Å²) in [5.74, 6) is 0.756. The van der Waals surface area contributed by atoms with E-state index in [0.717, 1.165) is 12.3 Å². The Labute approximate surface area is 102 Å². The Balaban J connectivity index is 2.63. The Morgan fingerprint density at radius 1 is 1.25 bits per heavy atom. The Bertz CT molecular complexity index is 320. The maximum atomic E-state index is 8.84. The molecule has 2 N–H and O–H groups in total. The summed E-state index contributed by atoms with van der Waals surface area (Å²) in [5.41, 5.74) is 1.44. The van der Waals surface area contributed by atoms with Gasteiger partial charge >= 0.3 is 0 Å². The van der Waals surface area contributed by atoms with E-state index in [1.165, 1.54) is 10.5 Å². The highest BCUT2D eigenvalue weighted by atomic mass is 32.2. The van der Waals surface area contributed by atoms with Gasteiger partial charge in [-0.2, -0.15) is 0 Å². The standard InChI is InChI=1S/C13H21NOS/c1-13(2,3)14-10-11-6-4-5-7-12(11)16-9-8-15/h4-7,14-15H,8-10H2,1-3H3. The molecule has 1 rings (SSSR count). The van der Waals surface area contributed by atoms with Crippen LogP contribution >= 0.6 is 11.8 Å². The van der Waals surface area contributed by atoms with Crippen molar-refractivity contribution in [3.63, 3.8) is 0 Å². The van der Waals surface area contributed by atoms with Crippen molar-refractivity contribution < 1.29 is 5.11 Å². The molecule has 3 heteroatoms. The quantitative estimate of drug-likeness (QED) is 0.775. The molecule has 0 radical (unpaired) electrons. The molecular formula is C13H21NOS. The number of benzene rings is 1. The van der Waals surface area contributed by atoms with E-state index in [0.29, 0.717) is 0 Å². The monoisotopic (exact) mass is 239 g/mol. The number of rotatable bonds is 5. The van der Waals surface area contributed by atoms with Gasteiger partial charge < -0.3 is 10.4 Å². The third-order valence-corrected chi connectivity index (χ3v) is 3.23. The van der Waals surface area contributed by atoms with Gasteiger partial charge in [-0.1, -0.05) is 18.2 Å². The van der Waals surface area contributed by atoms with E-state index in [1.54, 1.807) is 11.8 Å². The molecule has 2 nitrogen and oxygen atoms in total. The molecule has 0 aliphatic carbocycles. The first kappa shape index (κ1) is 13.6. The van der Waals surface area contributed by atoms with Crippen LogP contribution < -0.4 is 5.32 Å². The van der Waals surface area contributed by atoms with Crippen molar-refractivity contribution >= 4 is 11.8 Å². The Hall–Kier alpha value is -0.510. The van der Waals surface area contributed by atoms with Crippen LogP contribution in [0.4, 0.5) is 0 Å². The van der Waals surface area contributed by atoms with Crippen molar-refractivity contribution in [2.24, 2.45) is 0 Å². The molecule has 0 saturated carbocycles. The summed E-state index contributed by atoms with van der Waals surface area (Å²) in [7, 11) is 0. The number of hydrogen-bond acceptors (Lipinski definition) is 3. The maximum absolute atomic E-state index is 8.84. The average molecular weight is 239 g/mol. The summed E-state index contributed by atoms with van der Waals surface area (Å²) < 4.78 is 0. The first-order valence-corrected chi connectivity index (χ1v) is 6.58. The van der Waals surface area contributed by atoms with Gasteiger partial charge in [0, 0.05) is 22.7 Å². The molecule has 1 aromatic rings. The second-order valence-electron chi connectivity index (χ2n) is 4.78. The van der Waals surface area contributed by atoms with Crippen molar-refractivity contribution in [1.82, 2.24) is 5.32 Å². The van der Waals surface area contributed by atoms with E-state index in [2.05, 4.69) is 44.3 Å². The van der Waals surface area contributed by atoms with Crippen LogP contribution in [0.1, 0.15) is 26.3 Å². The van der Waals surface area contributed by atoms with E-state index in [9.17, 15) is 0 Å². The third-order valence-electron chi connectivity index (χ3n) is 2.13. The molecule has 0 saturated heterocycles. The van der Waals surface area contributed by atoms with Crippen molar-refractivity contribution in [2.45, 2.75) is 37.8 Å². The molecule has 0 aromatic heterocycles. The molecule has 0 atom stereocenters. The molecule has 90 valence electrons. The van der Waals surface area contributed by atoms with Gasteiger partial charge in [0.1, 0.15) is 0 Å². The summed E-state index contributed by atoms with van der Waals surface area (Å²) in [6.45, 7) is 7.59. The van der Waals surface area contributed by atoms with Crippen molar-refractivity contribution in [2.75, 3.05) is 12.4 Å². The average Bonchev–Trinajstić information content (AvgIpc) is 2.23. The van der Waals surface area contributed by atoms with Crippen LogP contribution in [0, 0.1) is 0 Å². The van der Waals surface area contributed by atoms with Crippen molar-refractivity contribution in [3.8, 4) is 0 Å². The molecule has 0 unspecified atom stereocenters. The molecular weight excluding hydrogens is 218 g/mol. The Morgan fingerprint density at radius 2 is 1.94 bits per heavy atom. The maximum Gasteiger partial charge on any atom is 0.0525 e. The van der Waals surface area contributed by atoms with Gasteiger partial charge in [-0.3, -0.25) is 0 Å². The predicted octanol–water partition coefficient (Wildman–Crippen LogP) is 2.66. The van der Waals surface area contributed by atoms with Gasteiger partial charge in [0.05, 0.1) is 6.61 Å². The highest BCUT2D eigenvalue weighted by molar-refractivity contribution is 7.99. The first-order valence-electron chi connectivity index (χ1n) is 5.59. The van der Waals surface area contributed by atoms with Gasteiger partial charge in [0.15, 0.2) is 0 Å². The Morgan fingerprint density at radius 3 is 2.56 bits per heavy atom. The summed E-state index contributed by atoms with van der Waals surface area (Å²) in [4.78, 5) is 1.26. The molecule has 0 heterocycles. The molecule has 1 aromatic carbocycles. The van der Waals surface area contributed by atoms with Crippen LogP contribution in [0.3, 0.4) is 0 Å². The van der Waals surface area contributed by atoms with Gasteiger partial charge in [-0.15, -0.1) is 11.8 Å². The molecule has 0 aliphatic rings. The highest BCUT2D eigenvalue weighted by Crippen LogP contribution is 2.22. The largest absolute Gasteiger partial charge is 0.396 e. The summed E-state index contributed by atoms with van der Waals surface area (Å²) in [6.07, 6.45) is 0. The topological polar surface area (TPSA) is 32.3 Å². The lowest BCUT2D eigenvalue weighted by Gasteiger charge is -2.21. The van der Waals surface area contributed by atoms with E-state index in [-0.39, 0.29) is 12.1 Å². The van der Waals surface area contributed by atoms with E-state index < -0.39 is 0 Å². The summed E-state index contributed by atoms with van der Waals surface area (Å²) in [6, 6.07) is 8.35. The lowest BCUT2D eigenvalue weighted by molar-refractivity contribution is 0.322. The fraction of sp³-hybridized carbons (Fsp3) is 0.538. The van der Waals surface area contributed by atoms with Gasteiger partial charge in [0.25, 0.3) is 0 Å². The van der Waals surface area contributed by atoms with E-state index in [1.807, 2.05) is 6.07 Å². The van der Waals surface area contributed by atoms with Crippen LogP contribution in [-0.2, 0) is 6.54 Å². The van der Waals surface area contributed by atoms with Gasteiger partial charge in [-0.25, -0.2) is 0 Å². The van der Waals surface area contributed by atoms with Crippen LogP contribution in [0.15, 0.2) is 29.2 Å². The van der Waals surface area contributed by atoms with Gasteiger partial charge in [0.2, 0.25) is 0 Å². The van der Waals surface area contributed by atoms with Crippen LogP contribution in [-0.4, -0.2) is 23.0 Å². The molecule has 0 spiro atoms. The number of nitrogens with one attached hydrogen (secondary N) is 1.